The van der Waals surface area contributed by atoms with E-state index in [1.807, 2.05) is 0 Å². The van der Waals surface area contributed by atoms with Crippen molar-refractivity contribution in [3.8, 4) is 0 Å². The summed E-state index contributed by atoms with van der Waals surface area (Å²) in [6.45, 7) is 1.58. The summed E-state index contributed by atoms with van der Waals surface area (Å²) in [4.78, 5) is 10.0. The molecule has 0 bridgehead atoms. The normalized spacial score (nSPS) is 15.7. The fourth-order valence-electron chi connectivity index (χ4n) is 1.79. The smallest absolute Gasteiger partial charge is 0.359 e. The van der Waals surface area contributed by atoms with E-state index in [4.69, 9.17) is 11.6 Å². The Bertz CT molecular complexity index is 472. The SMILES string of the molecule is Cc1c(Cl)nc(C2CC2)nc1N(C)CCC(F)(F)F. The third-order valence-electron chi connectivity index (χ3n) is 3.11. The molecule has 0 spiro atoms. The van der Waals surface area contributed by atoms with E-state index >= 15 is 0 Å². The summed E-state index contributed by atoms with van der Waals surface area (Å²) in [7, 11) is 1.59. The zero-order valence-corrected chi connectivity index (χ0v) is 11.5. The minimum absolute atomic E-state index is 0.137. The van der Waals surface area contributed by atoms with Gasteiger partial charge in [0.2, 0.25) is 0 Å². The largest absolute Gasteiger partial charge is 0.390 e. The quantitative estimate of drug-likeness (QED) is 0.793. The van der Waals surface area contributed by atoms with Crippen LogP contribution < -0.4 is 4.90 Å². The van der Waals surface area contributed by atoms with E-state index in [2.05, 4.69) is 9.97 Å². The van der Waals surface area contributed by atoms with Crippen LogP contribution in [-0.4, -0.2) is 29.7 Å². The van der Waals surface area contributed by atoms with E-state index in [1.54, 1.807) is 14.0 Å². The average Bonchev–Trinajstić information content (AvgIpc) is 3.12. The maximum atomic E-state index is 12.2. The second-order valence-corrected chi connectivity index (χ2v) is 5.24. The first-order valence-corrected chi connectivity index (χ1v) is 6.47. The summed E-state index contributed by atoms with van der Waals surface area (Å²) in [6.07, 6.45) is -3.00. The van der Waals surface area contributed by atoms with Crippen molar-refractivity contribution < 1.29 is 13.2 Å². The predicted octanol–water partition coefficient (Wildman–Crippen LogP) is 3.70. The summed E-state index contributed by atoms with van der Waals surface area (Å²) >= 11 is 6.02. The molecule has 19 heavy (non-hydrogen) atoms. The van der Waals surface area contributed by atoms with Crippen LogP contribution in [0.3, 0.4) is 0 Å². The molecule has 0 radical (unpaired) electrons. The van der Waals surface area contributed by atoms with Gasteiger partial charge in [-0.25, -0.2) is 9.97 Å². The Morgan fingerprint density at radius 3 is 2.47 bits per heavy atom. The van der Waals surface area contributed by atoms with Crippen molar-refractivity contribution in [2.75, 3.05) is 18.5 Å². The van der Waals surface area contributed by atoms with Gasteiger partial charge in [0.05, 0.1) is 6.42 Å². The van der Waals surface area contributed by atoms with Gasteiger partial charge in [-0.2, -0.15) is 13.2 Å². The van der Waals surface area contributed by atoms with Crippen molar-refractivity contribution in [1.29, 1.82) is 0 Å². The summed E-state index contributed by atoms with van der Waals surface area (Å²) in [5, 5.41) is 0.325. The number of nitrogens with zero attached hydrogens (tertiary/aromatic N) is 3. The van der Waals surface area contributed by atoms with Gasteiger partial charge in [0, 0.05) is 25.1 Å². The Balaban J connectivity index is 2.17. The van der Waals surface area contributed by atoms with Gasteiger partial charge in [-0.1, -0.05) is 11.6 Å². The highest BCUT2D eigenvalue weighted by atomic mass is 35.5. The van der Waals surface area contributed by atoms with E-state index < -0.39 is 12.6 Å². The molecular weight excluding hydrogens is 279 g/mol. The minimum atomic E-state index is -4.17. The molecule has 2 rings (SSSR count). The molecule has 1 aromatic heterocycles. The van der Waals surface area contributed by atoms with Gasteiger partial charge in [0.1, 0.15) is 16.8 Å². The van der Waals surface area contributed by atoms with Crippen LogP contribution in [0.1, 0.15) is 36.6 Å². The molecule has 1 heterocycles. The molecule has 0 unspecified atom stereocenters. The number of aromatic nitrogens is 2. The van der Waals surface area contributed by atoms with Crippen LogP contribution >= 0.6 is 11.6 Å². The Hall–Kier alpha value is -1.04. The highest BCUT2D eigenvalue weighted by Gasteiger charge is 2.30. The molecule has 0 atom stereocenters. The Morgan fingerprint density at radius 1 is 1.32 bits per heavy atom. The topological polar surface area (TPSA) is 29.0 Å². The highest BCUT2D eigenvalue weighted by Crippen LogP contribution is 2.39. The molecule has 0 N–H and O–H groups in total. The molecule has 1 saturated carbocycles. The van der Waals surface area contributed by atoms with Crippen molar-refractivity contribution in [3.63, 3.8) is 0 Å². The fraction of sp³-hybridized carbons (Fsp3) is 0.667. The predicted molar refractivity (Wildman–Crippen MR) is 67.7 cm³/mol. The van der Waals surface area contributed by atoms with Gasteiger partial charge in [0.25, 0.3) is 0 Å². The number of anilines is 1. The van der Waals surface area contributed by atoms with Crippen LogP contribution in [0, 0.1) is 6.92 Å². The minimum Gasteiger partial charge on any atom is -0.359 e. The summed E-state index contributed by atoms with van der Waals surface area (Å²) < 4.78 is 36.7. The molecule has 7 heteroatoms. The average molecular weight is 294 g/mol. The van der Waals surface area contributed by atoms with E-state index in [0.29, 0.717) is 28.3 Å². The van der Waals surface area contributed by atoms with E-state index in [-0.39, 0.29) is 6.54 Å². The van der Waals surface area contributed by atoms with Crippen molar-refractivity contribution in [1.82, 2.24) is 9.97 Å². The van der Waals surface area contributed by atoms with Gasteiger partial charge in [-0.15, -0.1) is 0 Å². The Labute approximate surface area is 114 Å². The third-order valence-corrected chi connectivity index (χ3v) is 3.48. The number of alkyl halides is 3. The summed E-state index contributed by atoms with van der Waals surface area (Å²) in [5.74, 6) is 1.45. The lowest BCUT2D eigenvalue weighted by Gasteiger charge is -2.21. The lowest BCUT2D eigenvalue weighted by Crippen LogP contribution is -2.26. The van der Waals surface area contributed by atoms with Crippen LogP contribution in [0.2, 0.25) is 5.15 Å². The lowest BCUT2D eigenvalue weighted by molar-refractivity contribution is -0.132. The third kappa shape index (κ3) is 3.72. The maximum Gasteiger partial charge on any atom is 0.390 e. The molecular formula is C12H15ClF3N3. The monoisotopic (exact) mass is 293 g/mol. The van der Waals surface area contributed by atoms with Crippen LogP contribution in [-0.2, 0) is 0 Å². The van der Waals surface area contributed by atoms with Crippen LogP contribution in [0.5, 0.6) is 0 Å². The summed E-state index contributed by atoms with van der Waals surface area (Å²) in [5.41, 5.74) is 0.621. The number of rotatable bonds is 4. The van der Waals surface area contributed by atoms with E-state index in [9.17, 15) is 13.2 Å². The molecule has 3 nitrogen and oxygen atoms in total. The van der Waals surface area contributed by atoms with Crippen LogP contribution in [0.4, 0.5) is 19.0 Å². The molecule has 0 aromatic carbocycles. The molecule has 0 saturated heterocycles. The van der Waals surface area contributed by atoms with Gasteiger partial charge < -0.3 is 4.90 Å². The van der Waals surface area contributed by atoms with Gasteiger partial charge in [-0.3, -0.25) is 0 Å². The van der Waals surface area contributed by atoms with Gasteiger partial charge >= 0.3 is 6.18 Å². The Morgan fingerprint density at radius 2 is 1.95 bits per heavy atom. The second-order valence-electron chi connectivity index (χ2n) is 4.88. The van der Waals surface area contributed by atoms with Crippen molar-refractivity contribution in [2.24, 2.45) is 0 Å². The first kappa shape index (κ1) is 14.4. The van der Waals surface area contributed by atoms with Gasteiger partial charge in [0.15, 0.2) is 0 Å². The lowest BCUT2D eigenvalue weighted by atomic mass is 10.3. The van der Waals surface area contributed by atoms with Crippen molar-refractivity contribution >= 4 is 17.4 Å². The molecule has 0 amide bonds. The van der Waals surface area contributed by atoms with Crippen molar-refractivity contribution in [3.05, 3.63) is 16.5 Å². The molecule has 1 aromatic rings. The molecule has 0 aliphatic heterocycles. The van der Waals surface area contributed by atoms with Gasteiger partial charge in [-0.05, 0) is 19.8 Å². The van der Waals surface area contributed by atoms with Crippen molar-refractivity contribution in [2.45, 2.75) is 38.3 Å². The molecule has 1 fully saturated rings. The van der Waals surface area contributed by atoms with Crippen LogP contribution in [0.25, 0.3) is 0 Å². The highest BCUT2D eigenvalue weighted by molar-refractivity contribution is 6.30. The maximum absolute atomic E-state index is 12.2. The van der Waals surface area contributed by atoms with E-state index in [1.165, 1.54) is 4.90 Å². The van der Waals surface area contributed by atoms with E-state index in [0.717, 1.165) is 12.8 Å². The zero-order valence-electron chi connectivity index (χ0n) is 10.8. The summed E-state index contributed by atoms with van der Waals surface area (Å²) in [6, 6.07) is 0. The van der Waals surface area contributed by atoms with Crippen LogP contribution in [0.15, 0.2) is 0 Å². The standard InChI is InChI=1S/C12H15ClF3N3/c1-7-9(13)17-10(8-3-4-8)18-11(7)19(2)6-5-12(14,15)16/h8H,3-6H2,1-2H3. The Kier molecular flexibility index (Phi) is 3.90. The fourth-order valence-corrected chi connectivity index (χ4v) is 1.96. The molecule has 1 aliphatic carbocycles. The number of halogens is 4. The second kappa shape index (κ2) is 5.15. The first-order chi connectivity index (χ1) is 8.78. The number of hydrogen-bond acceptors (Lipinski definition) is 3. The molecule has 106 valence electrons. The zero-order chi connectivity index (χ0) is 14.2. The number of hydrogen-bond donors (Lipinski definition) is 0. The first-order valence-electron chi connectivity index (χ1n) is 6.10. The molecule has 1 aliphatic rings.